The van der Waals surface area contributed by atoms with E-state index in [-0.39, 0.29) is 42.7 Å². The van der Waals surface area contributed by atoms with Crippen LogP contribution in [0.1, 0.15) is 135 Å². The average molecular weight is 1200 g/mol. The minimum absolute atomic E-state index is 0. The second kappa shape index (κ2) is 28.0. The predicted molar refractivity (Wildman–Crippen MR) is 362 cm³/mol. The molecule has 3 saturated heterocycles. The van der Waals surface area contributed by atoms with Crippen LogP contribution >= 0.6 is 0 Å². The van der Waals surface area contributed by atoms with Crippen LogP contribution in [0.4, 0.5) is 4.79 Å². The van der Waals surface area contributed by atoms with E-state index in [2.05, 4.69) is 90.2 Å². The number of piperidine rings is 3. The lowest BCUT2D eigenvalue weighted by molar-refractivity contribution is 0.0865. The number of aryl methyl sites for hydroxylation is 4. The van der Waals surface area contributed by atoms with Gasteiger partial charge in [0.15, 0.2) is 0 Å². The monoisotopic (exact) mass is 1200 g/mol. The molecule has 2 N–H and O–H groups in total. The minimum atomic E-state index is -0.282. The number of nitrogens with zero attached hydrogens (tertiary/aromatic N) is 10. The van der Waals surface area contributed by atoms with Gasteiger partial charge in [-0.2, -0.15) is 0 Å². The number of likely N-dealkylation sites (tertiary alicyclic amines) is 1. The number of para-hydroxylation sites is 3. The number of rotatable bonds is 12. The van der Waals surface area contributed by atoms with Gasteiger partial charge in [0, 0.05) is 87.8 Å². The summed E-state index contributed by atoms with van der Waals surface area (Å²) in [5, 5.41) is 9.96. The quantitative estimate of drug-likeness (QED) is 0.112. The van der Waals surface area contributed by atoms with E-state index in [4.69, 9.17) is 19.7 Å². The highest BCUT2D eigenvalue weighted by Crippen LogP contribution is 2.35. The van der Waals surface area contributed by atoms with E-state index in [0.29, 0.717) is 49.4 Å². The van der Waals surface area contributed by atoms with Crippen LogP contribution in [-0.2, 0) is 52.1 Å². The number of amides is 1. The number of ether oxygens (including phenoxy) is 1. The first kappa shape index (κ1) is 63.6. The predicted octanol–water partition coefficient (Wildman–Crippen LogP) is 12.7. The topological polar surface area (TPSA) is 173 Å². The second-order valence-electron chi connectivity index (χ2n) is 25.1. The van der Waals surface area contributed by atoms with Crippen molar-refractivity contribution in [2.75, 3.05) is 39.3 Å². The molecule has 0 aliphatic carbocycles. The number of hydrogen-bond donors (Lipinski definition) is 2. The summed E-state index contributed by atoms with van der Waals surface area (Å²) in [5.41, 5.74) is 10.9. The molecule has 0 spiro atoms. The lowest BCUT2D eigenvalue weighted by Crippen LogP contribution is -2.38. The third-order valence-electron chi connectivity index (χ3n) is 18.1. The molecule has 0 saturated carbocycles. The van der Waals surface area contributed by atoms with Crippen molar-refractivity contribution in [1.29, 1.82) is 0 Å². The number of benzene rings is 4. The van der Waals surface area contributed by atoms with Gasteiger partial charge in [0.25, 0.3) is 16.7 Å². The van der Waals surface area contributed by atoms with Crippen LogP contribution in [0.25, 0.3) is 65.8 Å². The van der Waals surface area contributed by atoms with Gasteiger partial charge in [0.2, 0.25) is 0 Å². The Bertz CT molecular complexity index is 4410. The Morgan fingerprint density at radius 1 is 0.528 bits per heavy atom. The highest BCUT2D eigenvalue weighted by Gasteiger charge is 2.31. The third-order valence-corrected chi connectivity index (χ3v) is 18.1. The fourth-order valence-electron chi connectivity index (χ4n) is 13.1. The second-order valence-corrected chi connectivity index (χ2v) is 25.1. The van der Waals surface area contributed by atoms with Gasteiger partial charge in [-0.05, 0) is 129 Å². The lowest BCUT2D eigenvalue weighted by atomic mass is 9.96. The fraction of sp³-hybridized carbons (Fsp3) is 0.431. The smallest absolute Gasteiger partial charge is 0.410 e. The molecule has 6 aromatic heterocycles. The van der Waals surface area contributed by atoms with Crippen LogP contribution in [0, 0.1) is 5.92 Å². The molecular formula is C72H90N12O5. The summed E-state index contributed by atoms with van der Waals surface area (Å²) in [6, 6.07) is 33.8. The Hall–Kier alpha value is -8.41. The standard InChI is InChI=1S/C29H32N4O3.C21H28N4O.C21H26N4O.CH4/c1-20(2)13-18-33-26-25(23-11-7-8-12-24(23)31(3)28(26)34)30-27(33)22-14-16-32(17-15-22)29(35)36-19-21-9-5-4-6-10-21;2*1-14(2)10-13-25-19-18(23-20(25)15-8-11-22-12-9-15)16-6-4-5-7-17(16)24(3)21(19)26;/h4-13,22H,14-19H2,1-3H3;4-7,14-15,22H,8-13H2,1-3H3;4-7,10,15,22H,8-9,11-13H2,1-3H3;1H4. The highest BCUT2D eigenvalue weighted by molar-refractivity contribution is 6.04. The first-order valence-corrected chi connectivity index (χ1v) is 31.7. The molecule has 468 valence electrons. The molecule has 1 amide bonds. The normalized spacial score (nSPS) is 15.1. The molecule has 4 aromatic carbocycles. The maximum atomic E-state index is 13.4. The Labute approximate surface area is 521 Å². The van der Waals surface area contributed by atoms with Crippen LogP contribution in [0.15, 0.2) is 141 Å². The lowest BCUT2D eigenvalue weighted by Gasteiger charge is -2.31. The summed E-state index contributed by atoms with van der Waals surface area (Å²) in [4.78, 5) is 69.4. The summed E-state index contributed by atoms with van der Waals surface area (Å²) >= 11 is 0. The first-order valence-electron chi connectivity index (χ1n) is 31.7. The van der Waals surface area contributed by atoms with E-state index in [1.165, 1.54) is 11.1 Å². The number of pyridine rings is 3. The molecule has 0 unspecified atom stereocenters. The van der Waals surface area contributed by atoms with E-state index in [0.717, 1.165) is 161 Å². The highest BCUT2D eigenvalue weighted by atomic mass is 16.6. The van der Waals surface area contributed by atoms with Crippen LogP contribution < -0.4 is 27.3 Å². The molecule has 89 heavy (non-hydrogen) atoms. The molecule has 13 rings (SSSR count). The Morgan fingerprint density at radius 3 is 1.28 bits per heavy atom. The zero-order chi connectivity index (χ0) is 61.8. The van der Waals surface area contributed by atoms with Crippen molar-refractivity contribution >= 4 is 71.9 Å². The molecule has 0 atom stereocenters. The molecule has 17 heteroatoms. The average Bonchev–Trinajstić information content (AvgIpc) is 1.65. The number of hydrogen-bond acceptors (Lipinski definition) is 10. The number of imidazole rings is 3. The van der Waals surface area contributed by atoms with Gasteiger partial charge in [0.05, 0.1) is 16.6 Å². The van der Waals surface area contributed by atoms with Gasteiger partial charge >= 0.3 is 6.09 Å². The summed E-state index contributed by atoms with van der Waals surface area (Å²) < 4.78 is 17.3. The van der Waals surface area contributed by atoms with Gasteiger partial charge in [-0.3, -0.25) is 14.4 Å². The van der Waals surface area contributed by atoms with Crippen LogP contribution in [0.2, 0.25) is 0 Å². The molecule has 10 aromatic rings. The van der Waals surface area contributed by atoms with Gasteiger partial charge in [-0.1, -0.05) is 130 Å². The summed E-state index contributed by atoms with van der Waals surface area (Å²) in [6.07, 6.45) is 10.9. The number of fused-ring (bicyclic) bond motifs is 9. The van der Waals surface area contributed by atoms with Crippen molar-refractivity contribution in [1.82, 2.24) is 57.9 Å². The van der Waals surface area contributed by atoms with Crippen LogP contribution in [0.5, 0.6) is 0 Å². The maximum Gasteiger partial charge on any atom is 0.410 e. The number of carbonyl (C=O) groups is 1. The Kier molecular flexibility index (Phi) is 20.0. The van der Waals surface area contributed by atoms with Crippen molar-refractivity contribution in [3.63, 3.8) is 0 Å². The molecule has 9 heterocycles. The van der Waals surface area contributed by atoms with Crippen molar-refractivity contribution in [2.24, 2.45) is 27.1 Å². The number of nitrogens with one attached hydrogen (secondary N) is 2. The van der Waals surface area contributed by atoms with E-state index in [1.54, 1.807) is 18.6 Å². The zero-order valence-electron chi connectivity index (χ0n) is 52.8. The number of allylic oxidation sites excluding steroid dienone is 4. The summed E-state index contributed by atoms with van der Waals surface area (Å²) in [5.74, 6) is 4.68. The summed E-state index contributed by atoms with van der Waals surface area (Å²) in [7, 11) is 5.54. The summed E-state index contributed by atoms with van der Waals surface area (Å²) in [6.45, 7) is 20.5. The van der Waals surface area contributed by atoms with Gasteiger partial charge < -0.3 is 47.7 Å². The first-order chi connectivity index (χ1) is 42.6. The molecule has 3 aliphatic rings. The van der Waals surface area contributed by atoms with Crippen molar-refractivity contribution in [3.8, 4) is 0 Å². The third kappa shape index (κ3) is 13.2. The van der Waals surface area contributed by atoms with Crippen LogP contribution in [0.3, 0.4) is 0 Å². The van der Waals surface area contributed by atoms with Gasteiger partial charge in [-0.15, -0.1) is 0 Å². The van der Waals surface area contributed by atoms with Crippen molar-refractivity contribution in [3.05, 3.63) is 181 Å². The molecular weight excluding hydrogens is 1110 g/mol. The van der Waals surface area contributed by atoms with Crippen LogP contribution in [-0.4, -0.2) is 92.6 Å². The maximum absolute atomic E-state index is 13.4. The van der Waals surface area contributed by atoms with E-state index >= 15 is 0 Å². The Balaban J connectivity index is 0.000000149. The van der Waals surface area contributed by atoms with E-state index in [9.17, 15) is 19.2 Å². The minimum Gasteiger partial charge on any atom is -0.445 e. The van der Waals surface area contributed by atoms with E-state index in [1.807, 2.05) is 112 Å². The molecule has 17 nitrogen and oxygen atoms in total. The molecule has 0 radical (unpaired) electrons. The fourth-order valence-corrected chi connectivity index (χ4v) is 13.1. The molecule has 3 aliphatic heterocycles. The van der Waals surface area contributed by atoms with Crippen molar-refractivity contribution in [2.45, 2.75) is 138 Å². The van der Waals surface area contributed by atoms with Gasteiger partial charge in [0.1, 0.15) is 57.2 Å². The van der Waals surface area contributed by atoms with E-state index < -0.39 is 0 Å². The largest absolute Gasteiger partial charge is 0.445 e. The van der Waals surface area contributed by atoms with Crippen molar-refractivity contribution < 1.29 is 9.53 Å². The molecule has 0 bridgehead atoms. The SMILES string of the molecule is C.CC(C)=CCn1c(C2CCN(C(=O)OCc3ccccc3)CC2)nc2c3ccccc3n(C)c(=O)c21.CC(C)=CCn1c(C2CCNCC2)nc2c3ccccc3n(C)c(=O)c21.CC(C)CCn1c(C2CCNCC2)nc2c3ccccc3n(C)c(=O)c21. The zero-order valence-corrected chi connectivity index (χ0v) is 52.8. The number of carbonyl (C=O) groups excluding carboxylic acids is 1. The number of aromatic nitrogens is 9. The Morgan fingerprint density at radius 2 is 0.888 bits per heavy atom. The van der Waals surface area contributed by atoms with Gasteiger partial charge in [-0.25, -0.2) is 19.7 Å². The molecule has 3 fully saturated rings.